The summed E-state index contributed by atoms with van der Waals surface area (Å²) in [5.41, 5.74) is 5.83. The molecule has 0 aromatic carbocycles. The van der Waals surface area contributed by atoms with Crippen molar-refractivity contribution >= 4 is 0 Å². The minimum Gasteiger partial charge on any atom is -0.502 e. The fourth-order valence-corrected chi connectivity index (χ4v) is 1.87. The molecule has 0 bridgehead atoms. The first kappa shape index (κ1) is 11.5. The van der Waals surface area contributed by atoms with E-state index in [0.29, 0.717) is 12.1 Å². The predicted molar refractivity (Wildman–Crippen MR) is 59.0 cm³/mol. The smallest absolute Gasteiger partial charge is 0.0885 e. The van der Waals surface area contributed by atoms with Gasteiger partial charge in [-0.1, -0.05) is 6.58 Å². The van der Waals surface area contributed by atoms with Gasteiger partial charge in [0.1, 0.15) is 0 Å². The number of ether oxygens (including phenoxy) is 1. The van der Waals surface area contributed by atoms with Crippen LogP contribution in [0.4, 0.5) is 0 Å². The molecule has 0 aliphatic heterocycles. The van der Waals surface area contributed by atoms with Crippen LogP contribution in [0, 0.1) is 0 Å². The molecule has 3 N–H and O–H groups in total. The molecular weight excluding hydrogens is 176 g/mol. The summed E-state index contributed by atoms with van der Waals surface area (Å²) in [6, 6.07) is 1.12. The first-order valence-corrected chi connectivity index (χ1v) is 5.54. The van der Waals surface area contributed by atoms with Crippen molar-refractivity contribution in [3.05, 3.63) is 12.8 Å². The molecule has 0 amide bonds. The molecule has 0 radical (unpaired) electrons. The van der Waals surface area contributed by atoms with Crippen molar-refractivity contribution in [3.63, 3.8) is 0 Å². The van der Waals surface area contributed by atoms with Crippen LogP contribution in [0.3, 0.4) is 0 Å². The lowest BCUT2D eigenvalue weighted by atomic mass is 9.92. The van der Waals surface area contributed by atoms with Crippen LogP contribution in [0.5, 0.6) is 0 Å². The molecule has 1 aliphatic rings. The fourth-order valence-electron chi connectivity index (χ4n) is 1.87. The maximum atomic E-state index is 5.83. The third kappa shape index (κ3) is 4.63. The van der Waals surface area contributed by atoms with Gasteiger partial charge in [0.05, 0.1) is 12.9 Å². The average Bonchev–Trinajstić information content (AvgIpc) is 2.21. The summed E-state index contributed by atoms with van der Waals surface area (Å²) in [6.45, 7) is 5.30. The second-order valence-corrected chi connectivity index (χ2v) is 3.96. The zero-order valence-electron chi connectivity index (χ0n) is 8.87. The van der Waals surface area contributed by atoms with Gasteiger partial charge in [-0.2, -0.15) is 0 Å². The lowest BCUT2D eigenvalue weighted by Crippen LogP contribution is -2.37. The Bertz CT molecular complexity index is 153. The van der Waals surface area contributed by atoms with E-state index in [0.717, 1.165) is 19.6 Å². The summed E-state index contributed by atoms with van der Waals surface area (Å²) in [5, 5.41) is 3.53. The number of nitrogens with two attached hydrogens (primary N) is 1. The van der Waals surface area contributed by atoms with E-state index in [9.17, 15) is 0 Å². The first-order chi connectivity index (χ1) is 6.83. The van der Waals surface area contributed by atoms with E-state index in [2.05, 4.69) is 11.9 Å². The van der Waals surface area contributed by atoms with Crippen LogP contribution in [0.15, 0.2) is 12.8 Å². The molecule has 0 aromatic heterocycles. The van der Waals surface area contributed by atoms with Crippen LogP contribution >= 0.6 is 0 Å². The maximum Gasteiger partial charge on any atom is 0.0885 e. The molecule has 0 spiro atoms. The van der Waals surface area contributed by atoms with Crippen LogP contribution in [0.1, 0.15) is 32.1 Å². The van der Waals surface area contributed by atoms with Gasteiger partial charge in [-0.15, -0.1) is 0 Å². The summed E-state index contributed by atoms with van der Waals surface area (Å²) in [6.07, 6.45) is 7.34. The maximum absolute atomic E-state index is 5.83. The Morgan fingerprint density at radius 1 is 1.36 bits per heavy atom. The molecule has 0 saturated heterocycles. The van der Waals surface area contributed by atoms with Crippen LogP contribution in [-0.2, 0) is 4.74 Å². The van der Waals surface area contributed by atoms with Gasteiger partial charge in [-0.25, -0.2) is 0 Å². The molecule has 3 heteroatoms. The van der Waals surface area contributed by atoms with Gasteiger partial charge in [0.2, 0.25) is 0 Å². The van der Waals surface area contributed by atoms with Gasteiger partial charge in [-0.05, 0) is 38.6 Å². The molecule has 3 nitrogen and oxygen atoms in total. The van der Waals surface area contributed by atoms with Crippen molar-refractivity contribution in [2.24, 2.45) is 5.73 Å². The second-order valence-electron chi connectivity index (χ2n) is 3.96. The number of rotatable bonds is 6. The highest BCUT2D eigenvalue weighted by Crippen LogP contribution is 2.16. The largest absolute Gasteiger partial charge is 0.502 e. The lowest BCUT2D eigenvalue weighted by molar-refractivity contribution is 0.239. The quantitative estimate of drug-likeness (QED) is 0.501. The fraction of sp³-hybridized carbons (Fsp3) is 0.818. The topological polar surface area (TPSA) is 47.3 Å². The zero-order chi connectivity index (χ0) is 10.2. The Morgan fingerprint density at radius 2 is 2.07 bits per heavy atom. The monoisotopic (exact) mass is 198 g/mol. The average molecular weight is 198 g/mol. The first-order valence-electron chi connectivity index (χ1n) is 5.54. The molecule has 1 fully saturated rings. The zero-order valence-corrected chi connectivity index (χ0v) is 8.87. The highest BCUT2D eigenvalue weighted by molar-refractivity contribution is 4.78. The van der Waals surface area contributed by atoms with Gasteiger partial charge in [0, 0.05) is 12.1 Å². The van der Waals surface area contributed by atoms with Gasteiger partial charge in [0.25, 0.3) is 0 Å². The molecule has 0 heterocycles. The standard InChI is InChI=1S/C11H22N2O/c1-2-14-9-3-8-13-11-6-4-10(12)5-7-11/h2,10-11,13H,1,3-9,12H2. The van der Waals surface area contributed by atoms with Gasteiger partial charge in [0.15, 0.2) is 0 Å². The lowest BCUT2D eigenvalue weighted by Gasteiger charge is -2.26. The van der Waals surface area contributed by atoms with Gasteiger partial charge >= 0.3 is 0 Å². The summed E-state index contributed by atoms with van der Waals surface area (Å²) in [4.78, 5) is 0. The molecular formula is C11H22N2O. The molecule has 0 unspecified atom stereocenters. The van der Waals surface area contributed by atoms with E-state index in [1.165, 1.54) is 31.9 Å². The Balaban J connectivity index is 1.93. The van der Waals surface area contributed by atoms with Crippen LogP contribution in [-0.4, -0.2) is 25.2 Å². The van der Waals surface area contributed by atoms with E-state index >= 15 is 0 Å². The van der Waals surface area contributed by atoms with Crippen molar-refractivity contribution in [3.8, 4) is 0 Å². The van der Waals surface area contributed by atoms with Crippen molar-refractivity contribution < 1.29 is 4.74 Å². The molecule has 14 heavy (non-hydrogen) atoms. The molecule has 0 atom stereocenters. The van der Waals surface area contributed by atoms with E-state index in [1.54, 1.807) is 0 Å². The van der Waals surface area contributed by atoms with E-state index < -0.39 is 0 Å². The number of hydrogen-bond acceptors (Lipinski definition) is 3. The van der Waals surface area contributed by atoms with Crippen molar-refractivity contribution in [1.29, 1.82) is 0 Å². The summed E-state index contributed by atoms with van der Waals surface area (Å²) in [5.74, 6) is 0. The van der Waals surface area contributed by atoms with Crippen LogP contribution < -0.4 is 11.1 Å². The minimum atomic E-state index is 0.442. The SMILES string of the molecule is C=COCCCNC1CCC(N)CC1. The summed E-state index contributed by atoms with van der Waals surface area (Å²) >= 11 is 0. The van der Waals surface area contributed by atoms with Crippen LogP contribution in [0.2, 0.25) is 0 Å². The Labute approximate surface area is 86.7 Å². The highest BCUT2D eigenvalue weighted by atomic mass is 16.5. The van der Waals surface area contributed by atoms with E-state index in [-0.39, 0.29) is 0 Å². The summed E-state index contributed by atoms with van der Waals surface area (Å²) < 4.78 is 5.04. The molecule has 1 saturated carbocycles. The van der Waals surface area contributed by atoms with Crippen molar-refractivity contribution in [2.45, 2.75) is 44.2 Å². The molecule has 0 aromatic rings. The third-order valence-corrected chi connectivity index (χ3v) is 2.76. The normalized spacial score (nSPS) is 27.2. The highest BCUT2D eigenvalue weighted by Gasteiger charge is 2.17. The van der Waals surface area contributed by atoms with Gasteiger partial charge < -0.3 is 15.8 Å². The third-order valence-electron chi connectivity index (χ3n) is 2.76. The molecule has 1 aliphatic carbocycles. The van der Waals surface area contributed by atoms with E-state index in [4.69, 9.17) is 10.5 Å². The van der Waals surface area contributed by atoms with Crippen molar-refractivity contribution in [2.75, 3.05) is 13.2 Å². The predicted octanol–water partition coefficient (Wildman–Crippen LogP) is 1.40. The number of nitrogens with one attached hydrogen (secondary N) is 1. The Morgan fingerprint density at radius 3 is 2.71 bits per heavy atom. The Hall–Kier alpha value is -0.540. The minimum absolute atomic E-state index is 0.442. The molecule has 82 valence electrons. The summed E-state index contributed by atoms with van der Waals surface area (Å²) in [7, 11) is 0. The van der Waals surface area contributed by atoms with Crippen molar-refractivity contribution in [1.82, 2.24) is 5.32 Å². The van der Waals surface area contributed by atoms with E-state index in [1.807, 2.05) is 0 Å². The molecule has 1 rings (SSSR count). The van der Waals surface area contributed by atoms with Crippen LogP contribution in [0.25, 0.3) is 0 Å². The number of hydrogen-bond donors (Lipinski definition) is 2. The Kier molecular flexibility index (Phi) is 5.64. The van der Waals surface area contributed by atoms with Gasteiger partial charge in [-0.3, -0.25) is 0 Å². The second kappa shape index (κ2) is 6.85.